The van der Waals surface area contributed by atoms with Crippen LogP contribution in [0, 0.1) is 17.7 Å². The molecule has 0 amide bonds. The van der Waals surface area contributed by atoms with E-state index < -0.39 is 6.16 Å². The summed E-state index contributed by atoms with van der Waals surface area (Å²) in [6.07, 6.45) is -0.127. The molecule has 3 unspecified atom stereocenters. The molecular formula is C45H52N2O10. The number of nitrogens with zero attached hydrogens (tertiary/aromatic N) is 1. The van der Waals surface area contributed by atoms with Gasteiger partial charge in [-0.1, -0.05) is 84.4 Å². The quantitative estimate of drug-likeness (QED) is 0.0396. The Bertz CT molecular complexity index is 1990. The van der Waals surface area contributed by atoms with Gasteiger partial charge < -0.3 is 43.3 Å². The first-order valence-corrected chi connectivity index (χ1v) is 18.9. The summed E-state index contributed by atoms with van der Waals surface area (Å²) in [5, 5.41) is 7.65. The smallest absolute Gasteiger partial charge is 0.496 e. The number of piperidine rings is 1. The van der Waals surface area contributed by atoms with Crippen LogP contribution in [0.4, 0.5) is 4.79 Å². The molecule has 0 bridgehead atoms. The molecule has 1 aliphatic heterocycles. The monoisotopic (exact) mass is 780 g/mol. The number of fused-ring (bicyclic) bond motifs is 1. The highest BCUT2D eigenvalue weighted by Crippen LogP contribution is 2.35. The fraction of sp³-hybridized carbons (Fsp3) is 0.356. The summed E-state index contributed by atoms with van der Waals surface area (Å²) in [5.41, 5.74) is 5.15. The molecule has 12 heteroatoms. The van der Waals surface area contributed by atoms with E-state index in [0.717, 1.165) is 62.3 Å². The molecule has 0 aliphatic carbocycles. The van der Waals surface area contributed by atoms with Crippen molar-refractivity contribution in [3.05, 3.63) is 142 Å². The molecule has 57 heavy (non-hydrogen) atoms. The third-order valence-corrected chi connectivity index (χ3v) is 9.57. The van der Waals surface area contributed by atoms with Gasteiger partial charge in [-0.25, -0.2) is 4.79 Å². The van der Waals surface area contributed by atoms with E-state index in [4.69, 9.17) is 38.1 Å². The van der Waals surface area contributed by atoms with Crippen LogP contribution in [0.5, 0.6) is 17.2 Å². The number of rotatable bonds is 18. The highest BCUT2D eigenvalue weighted by atomic mass is 16.7. The number of nitrogens with one attached hydrogen (secondary N) is 1. The molecule has 302 valence electrons. The maximum absolute atomic E-state index is 12.7. The lowest BCUT2D eigenvalue weighted by molar-refractivity contribution is -0.0246. The summed E-state index contributed by atoms with van der Waals surface area (Å²) in [6.45, 7) is 5.64. The second kappa shape index (κ2) is 22.8. The van der Waals surface area contributed by atoms with Crippen molar-refractivity contribution in [1.82, 2.24) is 5.32 Å². The molecule has 1 N–H and O–H groups in total. The Balaban J connectivity index is 0.00000148. The van der Waals surface area contributed by atoms with Gasteiger partial charge in [0.05, 0.1) is 53.4 Å². The molecule has 0 spiro atoms. The Morgan fingerprint density at radius 3 is 2.30 bits per heavy atom. The van der Waals surface area contributed by atoms with Crippen LogP contribution in [-0.2, 0) is 43.6 Å². The van der Waals surface area contributed by atoms with Crippen molar-refractivity contribution < 1.29 is 42.8 Å². The van der Waals surface area contributed by atoms with Gasteiger partial charge >= 0.3 is 6.16 Å². The molecule has 12 nitrogen and oxygen atoms in total. The van der Waals surface area contributed by atoms with Crippen LogP contribution >= 0.6 is 0 Å². The number of hydrogen-bond donors (Lipinski definition) is 1. The summed E-state index contributed by atoms with van der Waals surface area (Å²) < 4.78 is 40.9. The van der Waals surface area contributed by atoms with Crippen molar-refractivity contribution in [2.75, 3.05) is 54.2 Å². The van der Waals surface area contributed by atoms with Gasteiger partial charge in [-0.15, -0.1) is 4.91 Å². The number of para-hydroxylation sites is 1. The third kappa shape index (κ3) is 12.9. The Hall–Kier alpha value is -5.69. The van der Waals surface area contributed by atoms with E-state index in [9.17, 15) is 4.79 Å². The predicted octanol–water partition coefficient (Wildman–Crippen LogP) is 8.71. The molecule has 0 saturated carbocycles. The molecule has 5 aromatic carbocycles. The minimum absolute atomic E-state index is 0.0550. The fourth-order valence-corrected chi connectivity index (χ4v) is 6.87. The second-order valence-corrected chi connectivity index (χ2v) is 13.5. The third-order valence-electron chi connectivity index (χ3n) is 9.57. The SMILES string of the molecule is CON=O.COc1ccccc1COCCCOc1ccc(C2C(COC(=O)OCc3cccc(C)c3)CNCC2OCc2cc(OC)c3ccccc3c2)cc1. The van der Waals surface area contributed by atoms with Gasteiger partial charge in [-0.3, -0.25) is 0 Å². The molecule has 1 fully saturated rings. The first-order valence-electron chi connectivity index (χ1n) is 18.9. The van der Waals surface area contributed by atoms with Crippen LogP contribution in [0.15, 0.2) is 115 Å². The number of aryl methyl sites for hydroxylation is 1. The second-order valence-electron chi connectivity index (χ2n) is 13.5. The van der Waals surface area contributed by atoms with Gasteiger partial charge in [-0.2, -0.15) is 0 Å². The first kappa shape index (κ1) is 42.5. The number of methoxy groups -OCH3 is 2. The molecule has 1 heterocycles. The number of carbonyl (C=O) groups excluding carboxylic acids is 1. The maximum atomic E-state index is 12.7. The van der Waals surface area contributed by atoms with Gasteiger partial charge in [0.25, 0.3) is 0 Å². The summed E-state index contributed by atoms with van der Waals surface area (Å²) in [5.74, 6) is 2.31. The van der Waals surface area contributed by atoms with Crippen LogP contribution < -0.4 is 19.5 Å². The highest BCUT2D eigenvalue weighted by molar-refractivity contribution is 5.89. The summed E-state index contributed by atoms with van der Waals surface area (Å²) in [6, 6.07) is 36.2. The highest BCUT2D eigenvalue weighted by Gasteiger charge is 2.36. The Morgan fingerprint density at radius 2 is 1.53 bits per heavy atom. The van der Waals surface area contributed by atoms with Crippen molar-refractivity contribution in [2.45, 2.75) is 45.2 Å². The average Bonchev–Trinajstić information content (AvgIpc) is 3.25. The zero-order valence-electron chi connectivity index (χ0n) is 33.0. The molecule has 1 saturated heterocycles. The normalized spacial score (nSPS) is 16.1. The largest absolute Gasteiger partial charge is 0.508 e. The molecule has 3 atom stereocenters. The van der Waals surface area contributed by atoms with E-state index >= 15 is 0 Å². The van der Waals surface area contributed by atoms with Gasteiger partial charge in [0.2, 0.25) is 0 Å². The van der Waals surface area contributed by atoms with Gasteiger partial charge in [0, 0.05) is 42.3 Å². The Kier molecular flexibility index (Phi) is 17.0. The lowest BCUT2D eigenvalue weighted by Gasteiger charge is -2.38. The number of hydrogen-bond acceptors (Lipinski definition) is 12. The van der Waals surface area contributed by atoms with Gasteiger partial charge in [-0.05, 0) is 59.3 Å². The Morgan fingerprint density at radius 1 is 0.754 bits per heavy atom. The van der Waals surface area contributed by atoms with Crippen LogP contribution in [0.3, 0.4) is 0 Å². The zero-order chi connectivity index (χ0) is 40.2. The minimum Gasteiger partial charge on any atom is -0.496 e. The van der Waals surface area contributed by atoms with E-state index in [1.807, 2.05) is 91.1 Å². The molecule has 0 radical (unpaired) electrons. The maximum Gasteiger partial charge on any atom is 0.508 e. The minimum atomic E-state index is -0.688. The van der Waals surface area contributed by atoms with Crippen LogP contribution in [0.25, 0.3) is 10.8 Å². The summed E-state index contributed by atoms with van der Waals surface area (Å²) in [7, 11) is 4.56. The molecular weight excluding hydrogens is 728 g/mol. The average molecular weight is 781 g/mol. The first-order chi connectivity index (χ1) is 27.9. The standard InChI is InChI=1S/C44H49NO8.CH3NO2/c1-31-10-8-11-32(22-31)27-52-44(46)53-30-37-25-45-26-42(51-28-33-23-35-12-4-6-14-39(35)41(24-33)48-3)43(37)34-16-18-38(19-17-34)50-21-9-20-49-29-36-13-5-7-15-40(36)47-2;1-4-2-3/h4-8,10-19,22-24,37,42-43,45H,9,20-21,25-30H2,1-3H3;1H3. The molecule has 1 aliphatic rings. The van der Waals surface area contributed by atoms with Crippen molar-refractivity contribution in [2.24, 2.45) is 11.3 Å². The lowest BCUT2D eigenvalue weighted by atomic mass is 9.79. The van der Waals surface area contributed by atoms with Crippen molar-refractivity contribution in [3.8, 4) is 17.2 Å². The fourth-order valence-electron chi connectivity index (χ4n) is 6.87. The van der Waals surface area contributed by atoms with Gasteiger partial charge in [0.1, 0.15) is 31.0 Å². The zero-order valence-corrected chi connectivity index (χ0v) is 33.0. The van der Waals surface area contributed by atoms with Crippen LogP contribution in [0.1, 0.15) is 40.2 Å². The Labute approximate surface area is 334 Å². The topological polar surface area (TPSA) is 132 Å². The molecule has 6 rings (SSSR count). The summed E-state index contributed by atoms with van der Waals surface area (Å²) in [4.78, 5) is 25.0. The van der Waals surface area contributed by atoms with E-state index in [2.05, 4.69) is 40.5 Å². The molecule has 0 aromatic heterocycles. The summed E-state index contributed by atoms with van der Waals surface area (Å²) >= 11 is 0. The van der Waals surface area contributed by atoms with E-state index in [1.165, 1.54) is 7.11 Å². The predicted molar refractivity (Wildman–Crippen MR) is 218 cm³/mol. The number of benzene rings is 5. The van der Waals surface area contributed by atoms with Gasteiger partial charge in [0.15, 0.2) is 5.34 Å². The van der Waals surface area contributed by atoms with E-state index in [0.29, 0.717) is 39.5 Å². The van der Waals surface area contributed by atoms with Crippen molar-refractivity contribution >= 4 is 16.9 Å². The van der Waals surface area contributed by atoms with E-state index in [-0.39, 0.29) is 31.2 Å². The van der Waals surface area contributed by atoms with Crippen LogP contribution in [0.2, 0.25) is 0 Å². The molecule has 5 aromatic rings. The van der Waals surface area contributed by atoms with Crippen molar-refractivity contribution in [3.63, 3.8) is 0 Å². The van der Waals surface area contributed by atoms with Crippen molar-refractivity contribution in [1.29, 1.82) is 0 Å². The number of carbonyl (C=O) groups is 1. The van der Waals surface area contributed by atoms with Crippen LogP contribution in [-0.4, -0.2) is 66.5 Å². The van der Waals surface area contributed by atoms with E-state index in [1.54, 1.807) is 14.2 Å². The number of ether oxygens (including phenoxy) is 7. The lowest BCUT2D eigenvalue weighted by Crippen LogP contribution is -2.48.